The van der Waals surface area contributed by atoms with Gasteiger partial charge in [-0.1, -0.05) is 74.4 Å². The second-order valence-corrected chi connectivity index (χ2v) is 10.9. The summed E-state index contributed by atoms with van der Waals surface area (Å²) in [6.07, 6.45) is 0. The molecule has 1 aromatic carbocycles. The zero-order chi connectivity index (χ0) is 18.4. The third kappa shape index (κ3) is 4.34. The van der Waals surface area contributed by atoms with Crippen molar-refractivity contribution >= 4 is 10.0 Å². The minimum atomic E-state index is -3.76. The highest BCUT2D eigenvalue weighted by atomic mass is 32.2. The molecule has 0 saturated heterocycles. The van der Waals surface area contributed by atoms with Gasteiger partial charge in [0.25, 0.3) is 10.0 Å². The molecule has 0 spiro atoms. The number of hydrazine groups is 1. The van der Waals surface area contributed by atoms with Crippen molar-refractivity contribution in [3.05, 3.63) is 28.8 Å². The molecule has 0 atom stereocenters. The van der Waals surface area contributed by atoms with Crippen LogP contribution in [0.25, 0.3) is 0 Å². The van der Waals surface area contributed by atoms with Crippen LogP contribution in [-0.2, 0) is 26.3 Å². The van der Waals surface area contributed by atoms with Gasteiger partial charge in [0.05, 0.1) is 4.90 Å². The van der Waals surface area contributed by atoms with Crippen LogP contribution in [0.5, 0.6) is 0 Å². The Bertz CT molecular complexity index is 650. The lowest BCUT2D eigenvalue weighted by molar-refractivity contribution is 0.516. The molecule has 132 valence electrons. The molecule has 0 radical (unpaired) electrons. The maximum Gasteiger partial charge on any atom is 0.253 e. The molecular formula is C18H32N2O2S. The Labute approximate surface area is 141 Å². The molecule has 3 N–H and O–H groups in total. The first-order valence-electron chi connectivity index (χ1n) is 7.93. The molecule has 0 aliphatic heterocycles. The fraction of sp³-hybridized carbons (Fsp3) is 0.667. The molecule has 1 rings (SSSR count). The van der Waals surface area contributed by atoms with Gasteiger partial charge in [0.1, 0.15) is 0 Å². The zero-order valence-corrected chi connectivity index (χ0v) is 16.8. The smallest absolute Gasteiger partial charge is 0.253 e. The summed E-state index contributed by atoms with van der Waals surface area (Å²) in [6.45, 7) is 18.6. The molecule has 0 aliphatic rings. The molecule has 0 unspecified atom stereocenters. The van der Waals surface area contributed by atoms with Gasteiger partial charge < -0.3 is 0 Å². The normalized spacial score (nSPS) is 14.2. The molecule has 5 heteroatoms. The maximum atomic E-state index is 12.7. The van der Waals surface area contributed by atoms with Crippen molar-refractivity contribution in [3.63, 3.8) is 0 Å². The van der Waals surface area contributed by atoms with E-state index in [0.717, 1.165) is 16.7 Å². The van der Waals surface area contributed by atoms with E-state index in [1.54, 1.807) is 0 Å². The van der Waals surface area contributed by atoms with E-state index < -0.39 is 10.0 Å². The van der Waals surface area contributed by atoms with Gasteiger partial charge in [0.2, 0.25) is 0 Å². The van der Waals surface area contributed by atoms with E-state index in [-0.39, 0.29) is 16.2 Å². The first-order chi connectivity index (χ1) is 10.0. The van der Waals surface area contributed by atoms with Crippen LogP contribution in [0.3, 0.4) is 0 Å². The fourth-order valence-corrected chi connectivity index (χ4v) is 3.95. The van der Waals surface area contributed by atoms with E-state index in [1.165, 1.54) is 0 Å². The SMILES string of the molecule is CC(C)(C)c1cc(C(C)(C)C)c(S(=O)(=O)NN)c(C(C)(C)C)c1. The number of benzene rings is 1. The van der Waals surface area contributed by atoms with E-state index >= 15 is 0 Å². The Kier molecular flexibility index (Phi) is 5.14. The largest absolute Gasteiger partial charge is 0.257 e. The second-order valence-electron chi connectivity index (χ2n) is 9.27. The number of hydrogen-bond acceptors (Lipinski definition) is 3. The van der Waals surface area contributed by atoms with Crippen LogP contribution in [0.4, 0.5) is 0 Å². The fourth-order valence-electron chi connectivity index (χ4n) is 2.52. The van der Waals surface area contributed by atoms with Crippen LogP contribution < -0.4 is 10.7 Å². The lowest BCUT2D eigenvalue weighted by Gasteiger charge is -2.33. The van der Waals surface area contributed by atoms with Gasteiger partial charge in [-0.05, 0) is 32.9 Å². The van der Waals surface area contributed by atoms with Gasteiger partial charge in [-0.3, -0.25) is 5.84 Å². The van der Waals surface area contributed by atoms with Crippen molar-refractivity contribution in [2.75, 3.05) is 0 Å². The standard InChI is InChI=1S/C18H32N2O2S/c1-16(2,3)12-10-13(17(4,5)6)15(23(21,22)20-19)14(11-12)18(7,8)9/h10-11,20H,19H2,1-9H3. The second kappa shape index (κ2) is 5.87. The van der Waals surface area contributed by atoms with Gasteiger partial charge in [-0.15, -0.1) is 0 Å². The summed E-state index contributed by atoms with van der Waals surface area (Å²) in [7, 11) is -3.76. The third-order valence-corrected chi connectivity index (χ3v) is 5.28. The molecule has 0 heterocycles. The Morgan fingerprint density at radius 1 is 0.783 bits per heavy atom. The van der Waals surface area contributed by atoms with Gasteiger partial charge in [-0.25, -0.2) is 8.42 Å². The maximum absolute atomic E-state index is 12.7. The Balaban J connectivity index is 4.07. The molecule has 0 aliphatic carbocycles. The predicted molar refractivity (Wildman–Crippen MR) is 97.1 cm³/mol. The predicted octanol–water partition coefficient (Wildman–Crippen LogP) is 3.73. The van der Waals surface area contributed by atoms with Crippen LogP contribution in [-0.4, -0.2) is 8.42 Å². The van der Waals surface area contributed by atoms with Gasteiger partial charge in [-0.2, -0.15) is 4.83 Å². The monoisotopic (exact) mass is 340 g/mol. The van der Waals surface area contributed by atoms with E-state index in [1.807, 2.05) is 58.5 Å². The van der Waals surface area contributed by atoms with Crippen LogP contribution in [0.1, 0.15) is 79.0 Å². The quantitative estimate of drug-likeness (QED) is 0.636. The Morgan fingerprint density at radius 2 is 1.13 bits per heavy atom. The molecule has 4 nitrogen and oxygen atoms in total. The first-order valence-corrected chi connectivity index (χ1v) is 9.42. The molecular weight excluding hydrogens is 308 g/mol. The molecule has 0 aromatic heterocycles. The topological polar surface area (TPSA) is 72.2 Å². The number of sulfonamides is 1. The summed E-state index contributed by atoms with van der Waals surface area (Å²) < 4.78 is 25.3. The number of rotatable bonds is 2. The van der Waals surface area contributed by atoms with Crippen LogP contribution in [0, 0.1) is 0 Å². The zero-order valence-electron chi connectivity index (χ0n) is 16.0. The average molecular weight is 341 g/mol. The van der Waals surface area contributed by atoms with Gasteiger partial charge in [0, 0.05) is 0 Å². The highest BCUT2D eigenvalue weighted by Gasteiger charge is 2.34. The number of nitrogens with one attached hydrogen (secondary N) is 1. The summed E-state index contributed by atoms with van der Waals surface area (Å²) in [5.41, 5.74) is 2.02. The summed E-state index contributed by atoms with van der Waals surface area (Å²) in [5.74, 6) is 5.35. The molecule has 0 amide bonds. The number of hydrogen-bond donors (Lipinski definition) is 2. The van der Waals surface area contributed by atoms with Crippen molar-refractivity contribution < 1.29 is 8.42 Å². The highest BCUT2D eigenvalue weighted by Crippen LogP contribution is 2.40. The summed E-state index contributed by atoms with van der Waals surface area (Å²) in [6, 6.07) is 4.03. The van der Waals surface area contributed by atoms with Crippen LogP contribution in [0.15, 0.2) is 17.0 Å². The molecule has 0 fully saturated rings. The van der Waals surface area contributed by atoms with Crippen molar-refractivity contribution in [2.45, 2.75) is 83.5 Å². The minimum absolute atomic E-state index is 0.0710. The highest BCUT2D eigenvalue weighted by molar-refractivity contribution is 7.89. The van der Waals surface area contributed by atoms with Gasteiger partial charge >= 0.3 is 0 Å². The average Bonchev–Trinajstić information content (AvgIpc) is 2.34. The Morgan fingerprint density at radius 3 is 1.35 bits per heavy atom. The van der Waals surface area contributed by atoms with Crippen LogP contribution >= 0.6 is 0 Å². The van der Waals surface area contributed by atoms with Crippen molar-refractivity contribution in [1.29, 1.82) is 0 Å². The van der Waals surface area contributed by atoms with Crippen molar-refractivity contribution in [1.82, 2.24) is 4.83 Å². The minimum Gasteiger partial charge on any atom is -0.257 e. The lowest BCUT2D eigenvalue weighted by Crippen LogP contribution is -2.35. The van der Waals surface area contributed by atoms with E-state index in [9.17, 15) is 8.42 Å². The number of nitrogens with two attached hydrogens (primary N) is 1. The summed E-state index contributed by atoms with van der Waals surface area (Å²) in [5, 5.41) is 0. The van der Waals surface area contributed by atoms with Gasteiger partial charge in [0.15, 0.2) is 0 Å². The summed E-state index contributed by atoms with van der Waals surface area (Å²) in [4.78, 5) is 2.33. The van der Waals surface area contributed by atoms with E-state index in [2.05, 4.69) is 20.8 Å². The molecule has 1 aromatic rings. The lowest BCUT2D eigenvalue weighted by atomic mass is 9.75. The molecule has 23 heavy (non-hydrogen) atoms. The third-order valence-electron chi connectivity index (χ3n) is 3.99. The Hall–Kier alpha value is -0.910. The van der Waals surface area contributed by atoms with E-state index in [0.29, 0.717) is 4.90 Å². The first kappa shape index (κ1) is 20.1. The van der Waals surface area contributed by atoms with Crippen molar-refractivity contribution in [2.24, 2.45) is 5.84 Å². The molecule has 0 saturated carbocycles. The van der Waals surface area contributed by atoms with Crippen LogP contribution in [0.2, 0.25) is 0 Å². The van der Waals surface area contributed by atoms with Crippen molar-refractivity contribution in [3.8, 4) is 0 Å². The summed E-state index contributed by atoms with van der Waals surface area (Å²) >= 11 is 0. The van der Waals surface area contributed by atoms with E-state index in [4.69, 9.17) is 5.84 Å². The molecule has 0 bridgehead atoms.